The molecule has 16 nitrogen and oxygen atoms in total. The minimum atomic E-state index is -1.29. The lowest BCUT2D eigenvalue weighted by molar-refractivity contribution is -0.141. The fourth-order valence-electron chi connectivity index (χ4n) is 10.0. The zero-order valence-electron chi connectivity index (χ0n) is 35.9. The van der Waals surface area contributed by atoms with Crippen molar-refractivity contribution in [3.05, 3.63) is 88.9 Å². The molecule has 9 rings (SSSR count). The topological polar surface area (TPSA) is 190 Å². The third-order valence-corrected chi connectivity index (χ3v) is 13.4. The molecule has 4 amide bonds. The number of carbonyl (C=O) groups excluding carboxylic acids is 4. The van der Waals surface area contributed by atoms with E-state index in [9.17, 15) is 29.5 Å². The van der Waals surface area contributed by atoms with Gasteiger partial charge in [0.1, 0.15) is 23.4 Å². The fraction of sp³-hybridized carbons (Fsp3) is 0.457. The molecule has 2 atom stereocenters. The molecule has 3 N–H and O–H groups in total. The van der Waals surface area contributed by atoms with Gasteiger partial charge < -0.3 is 25.0 Å². The average Bonchev–Trinajstić information content (AvgIpc) is 3.87. The van der Waals surface area contributed by atoms with Crippen molar-refractivity contribution in [3.8, 4) is 6.07 Å². The minimum absolute atomic E-state index is 0.000181. The van der Waals surface area contributed by atoms with Crippen LogP contribution in [0.15, 0.2) is 54.9 Å². The molecule has 3 saturated heterocycles. The Morgan fingerprint density at radius 1 is 1.00 bits per heavy atom. The van der Waals surface area contributed by atoms with E-state index in [0.717, 1.165) is 31.1 Å². The first-order valence-corrected chi connectivity index (χ1v) is 21.7. The third kappa shape index (κ3) is 8.19. The van der Waals surface area contributed by atoms with Crippen molar-refractivity contribution in [2.45, 2.75) is 82.0 Å². The van der Waals surface area contributed by atoms with E-state index in [1.807, 2.05) is 27.9 Å². The highest BCUT2D eigenvalue weighted by molar-refractivity contribution is 6.05. The Morgan fingerprint density at radius 3 is 2.42 bits per heavy atom. The molecule has 334 valence electrons. The van der Waals surface area contributed by atoms with E-state index in [0.29, 0.717) is 78.9 Å². The number of hydrogen-bond donors (Lipinski definition) is 3. The number of piperidine rings is 1. The number of imide groups is 1. The van der Waals surface area contributed by atoms with E-state index < -0.39 is 40.9 Å². The fourth-order valence-corrected chi connectivity index (χ4v) is 10.0. The maximum atomic E-state index is 15.2. The Balaban J connectivity index is 0.813. The molecule has 6 heterocycles. The van der Waals surface area contributed by atoms with Gasteiger partial charge in [0.05, 0.1) is 58.9 Å². The van der Waals surface area contributed by atoms with E-state index in [2.05, 4.69) is 26.7 Å². The Bertz CT molecular complexity index is 2680. The molecule has 64 heavy (non-hydrogen) atoms. The quantitative estimate of drug-likeness (QED) is 0.166. The predicted molar refractivity (Wildman–Crippen MR) is 230 cm³/mol. The highest BCUT2D eigenvalue weighted by atomic mass is 19.1. The van der Waals surface area contributed by atoms with Crippen LogP contribution >= 0.6 is 0 Å². The van der Waals surface area contributed by atoms with Crippen LogP contribution in [-0.4, -0.2) is 116 Å². The number of anilines is 2. The van der Waals surface area contributed by atoms with Crippen LogP contribution in [0.2, 0.25) is 0 Å². The van der Waals surface area contributed by atoms with Crippen LogP contribution in [0.4, 0.5) is 20.2 Å². The number of nitrogens with zero attached hydrogens (tertiary/aromatic N) is 8. The summed E-state index contributed by atoms with van der Waals surface area (Å²) in [6.45, 7) is 6.20. The smallest absolute Gasteiger partial charge is 0.274 e. The molecule has 3 aliphatic heterocycles. The number of amides is 4. The Labute approximate surface area is 367 Å². The number of aromatic nitrogens is 4. The van der Waals surface area contributed by atoms with Crippen LogP contribution in [0.3, 0.4) is 0 Å². The lowest BCUT2D eigenvalue weighted by Crippen LogP contribution is -2.63. The number of fused-ring (bicyclic) bond motifs is 2. The molecule has 5 aromatic rings. The first-order valence-electron chi connectivity index (χ1n) is 21.7. The second-order valence-corrected chi connectivity index (χ2v) is 18.0. The molecule has 1 aliphatic carbocycles. The number of nitriles is 1. The Morgan fingerprint density at radius 2 is 1.73 bits per heavy atom. The average molecular weight is 877 g/mol. The highest BCUT2D eigenvalue weighted by Gasteiger charge is 2.42. The molecule has 1 saturated carbocycles. The summed E-state index contributed by atoms with van der Waals surface area (Å²) >= 11 is 0. The van der Waals surface area contributed by atoms with Crippen LogP contribution < -0.4 is 15.5 Å². The van der Waals surface area contributed by atoms with Crippen molar-refractivity contribution in [1.29, 1.82) is 5.26 Å². The summed E-state index contributed by atoms with van der Waals surface area (Å²) in [5.74, 6) is -4.66. The van der Waals surface area contributed by atoms with Gasteiger partial charge in [-0.15, -0.1) is 0 Å². The molecule has 0 bridgehead atoms. The molecular formula is C46H50F2N10O6. The van der Waals surface area contributed by atoms with E-state index in [-0.39, 0.29) is 48.0 Å². The maximum Gasteiger partial charge on any atom is 0.274 e. The number of piperazine rings is 1. The van der Waals surface area contributed by atoms with Crippen LogP contribution in [-0.2, 0) is 24.7 Å². The zero-order valence-corrected chi connectivity index (χ0v) is 35.9. The number of nitrogens with one attached hydrogen (secondary N) is 2. The molecule has 18 heteroatoms. The van der Waals surface area contributed by atoms with Crippen molar-refractivity contribution in [2.24, 2.45) is 5.92 Å². The van der Waals surface area contributed by atoms with Gasteiger partial charge in [-0.2, -0.15) is 15.5 Å². The van der Waals surface area contributed by atoms with Crippen LogP contribution in [0.5, 0.6) is 0 Å². The van der Waals surface area contributed by atoms with E-state index in [1.54, 1.807) is 44.1 Å². The summed E-state index contributed by atoms with van der Waals surface area (Å²) in [4.78, 5) is 57.3. The van der Waals surface area contributed by atoms with E-state index in [4.69, 9.17) is 9.84 Å². The van der Waals surface area contributed by atoms with Crippen molar-refractivity contribution >= 4 is 51.4 Å². The molecule has 0 radical (unpaired) electrons. The SMILES string of the molecule is COC[C@H]1CN(C(=O)C2CN(c3cc(F)c([C@H]4CCC(=O)NC4=O)c(F)c3)C2)CCN1C1CCC(n2cc3cc(NC(=O)c4ccc5cc(C#N)cnn45)c(C(C)(C)O)cc3n2)CC1. The van der Waals surface area contributed by atoms with Gasteiger partial charge in [0, 0.05) is 86.4 Å². The maximum absolute atomic E-state index is 15.2. The number of halogens is 2. The highest BCUT2D eigenvalue weighted by Crippen LogP contribution is 2.38. The number of aliphatic hydroxyl groups is 1. The largest absolute Gasteiger partial charge is 0.386 e. The lowest BCUT2D eigenvalue weighted by Gasteiger charge is -2.49. The second kappa shape index (κ2) is 17.0. The van der Waals surface area contributed by atoms with Gasteiger partial charge in [-0.05, 0) is 88.4 Å². The van der Waals surface area contributed by atoms with Crippen LogP contribution in [0.1, 0.15) is 91.5 Å². The number of ether oxygens (including phenoxy) is 1. The summed E-state index contributed by atoms with van der Waals surface area (Å²) in [5, 5.41) is 35.6. The van der Waals surface area contributed by atoms with Gasteiger partial charge in [-0.25, -0.2) is 13.3 Å². The van der Waals surface area contributed by atoms with E-state index >= 15 is 8.78 Å². The van der Waals surface area contributed by atoms with E-state index in [1.165, 1.54) is 22.8 Å². The number of carbonyl (C=O) groups is 4. The predicted octanol–water partition coefficient (Wildman–Crippen LogP) is 4.61. The molecule has 0 unspecified atom stereocenters. The second-order valence-electron chi connectivity index (χ2n) is 18.0. The molecule has 4 fully saturated rings. The Hall–Kier alpha value is -6.29. The van der Waals surface area contributed by atoms with Gasteiger partial charge in [0.15, 0.2) is 0 Å². The van der Waals surface area contributed by atoms with Crippen LogP contribution in [0.25, 0.3) is 16.4 Å². The zero-order chi connectivity index (χ0) is 45.0. The normalized spacial score (nSPS) is 22.4. The van der Waals surface area contributed by atoms with Crippen molar-refractivity contribution in [2.75, 3.05) is 56.7 Å². The summed E-state index contributed by atoms with van der Waals surface area (Å²) in [6.07, 6.45) is 7.06. The molecule has 3 aromatic heterocycles. The standard InChI is InChI=1S/C46H50F2N10O6/c1-46(2,63)35-18-38-27(15-39(35)51-44(61)40-10-8-31-14-26(19-49)20-50-58(31)40)23-57(53-38)30-6-4-29(5-7-30)56-13-12-54(24-33(56)25-64-3)45(62)28-21-55(22-28)32-16-36(47)42(37(48)17-32)34-9-11-41(59)52-43(34)60/h8,10,14-18,20,23,28-30,33-34,63H,4-7,9,11-13,21-22,24-25H2,1-3H3,(H,51,61)(H,52,59,60)/t29?,30?,33-,34-/m1/s1. The molecule has 4 aliphatic rings. The van der Waals surface area contributed by atoms with Crippen LogP contribution in [0, 0.1) is 28.9 Å². The van der Waals surface area contributed by atoms with Gasteiger partial charge in [-0.3, -0.25) is 34.1 Å². The van der Waals surface area contributed by atoms with Gasteiger partial charge in [0.2, 0.25) is 17.7 Å². The number of rotatable bonds is 10. The van der Waals surface area contributed by atoms with Crippen molar-refractivity contribution in [1.82, 2.24) is 34.5 Å². The third-order valence-electron chi connectivity index (χ3n) is 13.4. The first kappa shape index (κ1) is 43.0. The first-order chi connectivity index (χ1) is 30.7. The lowest BCUT2D eigenvalue weighted by atomic mass is 9.88. The monoisotopic (exact) mass is 876 g/mol. The van der Waals surface area contributed by atoms with Gasteiger partial charge >= 0.3 is 0 Å². The number of benzene rings is 2. The summed E-state index contributed by atoms with van der Waals surface area (Å²) in [6, 6.07) is 13.6. The minimum Gasteiger partial charge on any atom is -0.386 e. The van der Waals surface area contributed by atoms with Crippen molar-refractivity contribution in [3.63, 3.8) is 0 Å². The number of methoxy groups -OCH3 is 1. The molecule has 2 aromatic carbocycles. The van der Waals surface area contributed by atoms with Crippen molar-refractivity contribution < 1.29 is 37.8 Å². The summed E-state index contributed by atoms with van der Waals surface area (Å²) < 4.78 is 39.6. The van der Waals surface area contributed by atoms with Gasteiger partial charge in [-0.1, -0.05) is 0 Å². The van der Waals surface area contributed by atoms with Gasteiger partial charge in [0.25, 0.3) is 5.91 Å². The molecular weight excluding hydrogens is 827 g/mol. The Kier molecular flexibility index (Phi) is 11.4. The number of hydrogen-bond acceptors (Lipinski definition) is 11. The summed E-state index contributed by atoms with van der Waals surface area (Å²) in [7, 11) is 1.66. The molecule has 0 spiro atoms. The summed E-state index contributed by atoms with van der Waals surface area (Å²) in [5.41, 5.74) is 1.63.